The number of carbonyl (C=O) groups excluding carboxylic acids is 5. The van der Waals surface area contributed by atoms with Crippen LogP contribution in [0, 0.1) is 18.3 Å². The summed E-state index contributed by atoms with van der Waals surface area (Å²) in [6.45, 7) is 11.7. The third kappa shape index (κ3) is 11.0. The molecule has 14 nitrogen and oxygen atoms in total. The van der Waals surface area contributed by atoms with E-state index in [0.29, 0.717) is 54.5 Å². The molecule has 14 heteroatoms. The number of anilines is 1. The van der Waals surface area contributed by atoms with E-state index < -0.39 is 0 Å². The van der Waals surface area contributed by atoms with Crippen LogP contribution in [0.5, 0.6) is 5.75 Å². The molecule has 2 atom stereocenters. The molecule has 2 aliphatic heterocycles. The molecule has 0 unspecified atom stereocenters. The summed E-state index contributed by atoms with van der Waals surface area (Å²) in [5, 5.41) is 5.69. The summed E-state index contributed by atoms with van der Waals surface area (Å²) in [5.74, 6) is 0.0844. The molecule has 318 valence electrons. The summed E-state index contributed by atoms with van der Waals surface area (Å²) >= 11 is 0. The monoisotopic (exact) mass is 819 g/mol. The number of hydrogen-bond donors (Lipinski definition) is 2. The van der Waals surface area contributed by atoms with Gasteiger partial charge in [0.25, 0.3) is 11.8 Å². The smallest absolute Gasteiger partial charge is 0.308 e. The number of imidazole rings is 1. The number of nitrogens with one attached hydrogen (secondary N) is 2. The highest BCUT2D eigenvalue weighted by Gasteiger charge is 2.32. The van der Waals surface area contributed by atoms with E-state index in [1.807, 2.05) is 74.6 Å². The Balaban J connectivity index is 0.932. The molecule has 60 heavy (non-hydrogen) atoms. The number of benzene rings is 2. The largest absolute Gasteiger partial charge is 0.493 e. The molecule has 1 fully saturated rings. The third-order valence-corrected chi connectivity index (χ3v) is 10.7. The van der Waals surface area contributed by atoms with E-state index in [9.17, 15) is 24.0 Å². The molecule has 0 saturated carbocycles. The van der Waals surface area contributed by atoms with Crippen molar-refractivity contribution < 1.29 is 33.4 Å². The Bertz CT molecular complexity index is 2260. The highest BCUT2D eigenvalue weighted by atomic mass is 16.5. The Kier molecular flexibility index (Phi) is 13.7. The van der Waals surface area contributed by atoms with Gasteiger partial charge in [-0.2, -0.15) is 0 Å². The van der Waals surface area contributed by atoms with Crippen LogP contribution in [0.25, 0.3) is 11.1 Å². The van der Waals surface area contributed by atoms with Crippen LogP contribution >= 0.6 is 0 Å². The first-order valence-corrected chi connectivity index (χ1v) is 20.8. The fourth-order valence-electron chi connectivity index (χ4n) is 7.75. The Morgan fingerprint density at radius 1 is 0.967 bits per heavy atom. The number of aliphatic imine (C=N–C) groups is 1. The van der Waals surface area contributed by atoms with Crippen LogP contribution in [0.2, 0.25) is 0 Å². The first-order valence-electron chi connectivity index (χ1n) is 20.8. The molecule has 2 aliphatic rings. The first kappa shape index (κ1) is 43.5. The summed E-state index contributed by atoms with van der Waals surface area (Å²) in [6.07, 6.45) is 9.25. The van der Waals surface area contributed by atoms with Crippen LogP contribution in [-0.2, 0) is 34.8 Å². The topological polar surface area (TPSA) is 166 Å². The summed E-state index contributed by atoms with van der Waals surface area (Å²) < 4.78 is 14.8. The number of Topliss-reactive ketones (excluding diaryl/α,β-unsaturated/α-hetero) is 1. The second-order valence-corrected chi connectivity index (χ2v) is 17.1. The van der Waals surface area contributed by atoms with Gasteiger partial charge in [-0.3, -0.25) is 29.0 Å². The quantitative estimate of drug-likeness (QED) is 0.0652. The third-order valence-electron chi connectivity index (χ3n) is 10.7. The molecule has 2 N–H and O–H groups in total. The van der Waals surface area contributed by atoms with Crippen molar-refractivity contribution in [1.29, 1.82) is 0 Å². The molecule has 6 rings (SSSR count). The number of rotatable bonds is 17. The molecule has 4 heterocycles. The summed E-state index contributed by atoms with van der Waals surface area (Å²) in [7, 11) is 3.52. The molecule has 4 aromatic rings. The summed E-state index contributed by atoms with van der Waals surface area (Å²) in [5.41, 5.74) is 5.10. The van der Waals surface area contributed by atoms with E-state index in [1.165, 1.54) is 0 Å². The Hall–Kier alpha value is -6.05. The lowest BCUT2D eigenvalue weighted by Crippen LogP contribution is -2.35. The van der Waals surface area contributed by atoms with Gasteiger partial charge in [0.05, 0.1) is 36.4 Å². The molecule has 3 amide bonds. The van der Waals surface area contributed by atoms with E-state index in [2.05, 4.69) is 41.4 Å². The zero-order chi connectivity index (χ0) is 43.1. The number of carbonyl (C=O) groups is 5. The molecular weight excluding hydrogens is 763 g/mol. The van der Waals surface area contributed by atoms with E-state index in [0.717, 1.165) is 48.1 Å². The second kappa shape index (κ2) is 18.9. The van der Waals surface area contributed by atoms with Crippen molar-refractivity contribution in [3.8, 4) is 16.9 Å². The Labute approximate surface area is 351 Å². The molecule has 0 radical (unpaired) electrons. The van der Waals surface area contributed by atoms with Crippen molar-refractivity contribution >= 4 is 47.2 Å². The van der Waals surface area contributed by atoms with Crippen LogP contribution in [0.3, 0.4) is 0 Å². The Morgan fingerprint density at radius 3 is 2.48 bits per heavy atom. The number of amides is 3. The van der Waals surface area contributed by atoms with E-state index >= 15 is 0 Å². The molecule has 0 bridgehead atoms. The maximum absolute atomic E-state index is 13.3. The van der Waals surface area contributed by atoms with Crippen molar-refractivity contribution in [3.05, 3.63) is 83.1 Å². The maximum Gasteiger partial charge on any atom is 0.308 e. The van der Waals surface area contributed by atoms with E-state index in [-0.39, 0.29) is 72.1 Å². The molecular formula is C46H57N7O7. The van der Waals surface area contributed by atoms with Gasteiger partial charge >= 0.3 is 5.97 Å². The van der Waals surface area contributed by atoms with E-state index in [4.69, 9.17) is 9.47 Å². The van der Waals surface area contributed by atoms with Crippen LogP contribution in [-0.4, -0.2) is 87.1 Å². The van der Waals surface area contributed by atoms with Gasteiger partial charge in [-0.05, 0) is 73.3 Å². The predicted molar refractivity (Wildman–Crippen MR) is 230 cm³/mol. The van der Waals surface area contributed by atoms with Crippen molar-refractivity contribution in [2.75, 3.05) is 31.6 Å². The number of ether oxygens (including phenoxy) is 2. The molecule has 1 saturated heterocycles. The highest BCUT2D eigenvalue weighted by Crippen LogP contribution is 2.34. The van der Waals surface area contributed by atoms with Crippen LogP contribution in [0.4, 0.5) is 11.5 Å². The van der Waals surface area contributed by atoms with Gasteiger partial charge in [0.1, 0.15) is 11.4 Å². The molecule has 2 aromatic heterocycles. The number of aromatic nitrogens is 3. The SMILES string of the molecule is Cc1cc2c(cc1OCCCC(=O)Nc1cn(C)c(C(=O)Cc3ccc(-c4cc(C(=O)NCCCOC(=O)[C@H](C)CC(C)(C)C)n(C)c4)cc3)n1)N=C[C@@H]1CCCN1C2=O. The number of aryl methyl sites for hydroxylation is 3. The maximum atomic E-state index is 13.3. The number of fused-ring (bicyclic) bond motifs is 2. The molecule has 0 aliphatic carbocycles. The summed E-state index contributed by atoms with van der Waals surface area (Å²) in [6, 6.07) is 13.1. The standard InChI is InChI=1S/C46H57N7O7/c1-29-21-35-36(48-26-34-11-8-18-53(34)44(35)57)24-39(29)59-19-9-12-41(55)49-40-28-52(7)42(50-40)38(54)22-31-13-15-32(16-14-31)33-23-37(51(6)27-33)43(56)47-17-10-20-60-45(58)30(2)25-46(3,4)5/h13-16,21,23-24,26-28,30,34H,8-12,17-20,22,25H2,1-7H3,(H,47,56)(H,49,55)/t30-,34+/m1/s1. The van der Waals surface area contributed by atoms with Crippen molar-refractivity contribution in [2.24, 2.45) is 30.4 Å². The van der Waals surface area contributed by atoms with Gasteiger partial charge in [-0.25, -0.2) is 4.98 Å². The van der Waals surface area contributed by atoms with Crippen molar-refractivity contribution in [3.63, 3.8) is 0 Å². The van der Waals surface area contributed by atoms with Crippen LogP contribution in [0.15, 0.2) is 59.9 Å². The fourth-order valence-corrected chi connectivity index (χ4v) is 7.75. The van der Waals surface area contributed by atoms with Gasteiger partial charge in [-0.1, -0.05) is 52.0 Å². The predicted octanol–water partition coefficient (Wildman–Crippen LogP) is 7.01. The average molecular weight is 820 g/mol. The second-order valence-electron chi connectivity index (χ2n) is 17.1. The van der Waals surface area contributed by atoms with Crippen molar-refractivity contribution in [2.45, 2.75) is 85.6 Å². The number of hydrogen-bond acceptors (Lipinski definition) is 9. The highest BCUT2D eigenvalue weighted by molar-refractivity contribution is 6.03. The minimum absolute atomic E-state index is 0.000268. The zero-order valence-corrected chi connectivity index (χ0v) is 35.8. The molecule has 2 aromatic carbocycles. The van der Waals surface area contributed by atoms with Gasteiger partial charge in [0.15, 0.2) is 11.6 Å². The van der Waals surface area contributed by atoms with Crippen molar-refractivity contribution in [1.82, 2.24) is 24.3 Å². The summed E-state index contributed by atoms with van der Waals surface area (Å²) in [4.78, 5) is 75.2. The normalized spacial score (nSPS) is 15.2. The minimum atomic E-state index is -0.248. The lowest BCUT2D eigenvalue weighted by atomic mass is 9.85. The number of esters is 1. The number of nitrogens with zero attached hydrogens (tertiary/aromatic N) is 5. The Morgan fingerprint density at radius 2 is 1.73 bits per heavy atom. The molecule has 0 spiro atoms. The number of ketones is 1. The van der Waals surface area contributed by atoms with Gasteiger partial charge in [-0.15, -0.1) is 0 Å². The van der Waals surface area contributed by atoms with E-state index in [1.54, 1.807) is 28.4 Å². The average Bonchev–Trinajstić information content (AvgIpc) is 3.91. The van der Waals surface area contributed by atoms with Gasteiger partial charge < -0.3 is 34.1 Å². The lowest BCUT2D eigenvalue weighted by Gasteiger charge is -2.22. The van der Waals surface area contributed by atoms with Gasteiger partial charge in [0, 0.05) is 70.3 Å². The minimum Gasteiger partial charge on any atom is -0.493 e. The lowest BCUT2D eigenvalue weighted by molar-refractivity contribution is -0.149. The zero-order valence-electron chi connectivity index (χ0n) is 35.8. The fraction of sp³-hybridized carbons (Fsp3) is 0.457. The van der Waals surface area contributed by atoms with Crippen LogP contribution < -0.4 is 15.4 Å². The van der Waals surface area contributed by atoms with Gasteiger partial charge in [0.2, 0.25) is 11.7 Å². The first-order chi connectivity index (χ1) is 28.6. The van der Waals surface area contributed by atoms with Crippen LogP contribution in [0.1, 0.15) is 109 Å².